The van der Waals surface area contributed by atoms with E-state index in [2.05, 4.69) is 4.72 Å². The van der Waals surface area contributed by atoms with Crippen molar-refractivity contribution < 1.29 is 16.8 Å². The number of sulfonamides is 1. The van der Waals surface area contributed by atoms with Gasteiger partial charge in [-0.15, -0.1) is 0 Å². The molecule has 1 aliphatic heterocycles. The van der Waals surface area contributed by atoms with Crippen molar-refractivity contribution in [2.45, 2.75) is 44.6 Å². The SMILES string of the molecule is CCN(C(C)C)S(=O)(=O)Nc1cccc(S(=O)(=O)N2CCCC2)c1. The van der Waals surface area contributed by atoms with Gasteiger partial charge < -0.3 is 0 Å². The molecule has 0 aliphatic carbocycles. The monoisotopic (exact) mass is 375 g/mol. The molecule has 0 amide bonds. The molecule has 0 atom stereocenters. The van der Waals surface area contributed by atoms with E-state index in [-0.39, 0.29) is 16.6 Å². The highest BCUT2D eigenvalue weighted by molar-refractivity contribution is 7.90. The molecule has 1 fully saturated rings. The lowest BCUT2D eigenvalue weighted by molar-refractivity contribution is 0.372. The summed E-state index contributed by atoms with van der Waals surface area (Å²) in [5.41, 5.74) is 0.245. The third-order valence-electron chi connectivity index (χ3n) is 3.98. The van der Waals surface area contributed by atoms with Crippen molar-refractivity contribution in [3.05, 3.63) is 24.3 Å². The highest BCUT2D eigenvalue weighted by Crippen LogP contribution is 2.24. The third-order valence-corrected chi connectivity index (χ3v) is 7.67. The summed E-state index contributed by atoms with van der Waals surface area (Å²) < 4.78 is 55.3. The van der Waals surface area contributed by atoms with Crippen LogP contribution in [0.25, 0.3) is 0 Å². The fraction of sp³-hybridized carbons (Fsp3) is 0.600. The van der Waals surface area contributed by atoms with Crippen molar-refractivity contribution in [1.82, 2.24) is 8.61 Å². The summed E-state index contributed by atoms with van der Waals surface area (Å²) in [6.07, 6.45) is 1.71. The van der Waals surface area contributed by atoms with E-state index in [9.17, 15) is 16.8 Å². The predicted molar refractivity (Wildman–Crippen MR) is 94.5 cm³/mol. The topological polar surface area (TPSA) is 86.8 Å². The summed E-state index contributed by atoms with van der Waals surface area (Å²) >= 11 is 0. The summed E-state index contributed by atoms with van der Waals surface area (Å²) in [5, 5.41) is 0. The van der Waals surface area contributed by atoms with Crippen molar-refractivity contribution in [1.29, 1.82) is 0 Å². The molecule has 1 N–H and O–H groups in total. The van der Waals surface area contributed by atoms with Crippen LogP contribution in [-0.2, 0) is 20.2 Å². The maximum atomic E-state index is 12.6. The van der Waals surface area contributed by atoms with Crippen molar-refractivity contribution in [2.75, 3.05) is 24.4 Å². The van der Waals surface area contributed by atoms with Gasteiger partial charge in [-0.3, -0.25) is 4.72 Å². The summed E-state index contributed by atoms with van der Waals surface area (Å²) in [7, 11) is -7.31. The zero-order chi connectivity index (χ0) is 18.0. The van der Waals surface area contributed by atoms with Gasteiger partial charge in [-0.2, -0.15) is 17.0 Å². The van der Waals surface area contributed by atoms with Crippen LogP contribution in [0.4, 0.5) is 5.69 Å². The van der Waals surface area contributed by atoms with E-state index in [0.717, 1.165) is 12.8 Å². The van der Waals surface area contributed by atoms with Crippen LogP contribution < -0.4 is 4.72 Å². The van der Waals surface area contributed by atoms with E-state index in [4.69, 9.17) is 0 Å². The molecule has 0 spiro atoms. The Labute approximate surface area is 144 Å². The second-order valence-corrected chi connectivity index (χ2v) is 9.60. The van der Waals surface area contributed by atoms with Crippen LogP contribution in [0.5, 0.6) is 0 Å². The molecule has 1 aliphatic rings. The highest BCUT2D eigenvalue weighted by Gasteiger charge is 2.28. The molecular formula is C15H25N3O4S2. The summed E-state index contributed by atoms with van der Waals surface area (Å²) in [6, 6.07) is 5.77. The Hall–Kier alpha value is -1.16. The van der Waals surface area contributed by atoms with E-state index in [1.807, 2.05) is 0 Å². The minimum absolute atomic E-state index is 0.109. The highest BCUT2D eigenvalue weighted by atomic mass is 32.2. The first-order chi connectivity index (χ1) is 11.2. The van der Waals surface area contributed by atoms with Crippen molar-refractivity contribution in [3.8, 4) is 0 Å². The van der Waals surface area contributed by atoms with E-state index in [0.29, 0.717) is 19.6 Å². The van der Waals surface area contributed by atoms with Crippen molar-refractivity contribution in [2.24, 2.45) is 0 Å². The normalized spacial score (nSPS) is 16.9. The molecule has 136 valence electrons. The smallest absolute Gasteiger partial charge is 0.271 e. The van der Waals surface area contributed by atoms with Crippen LogP contribution >= 0.6 is 0 Å². The average Bonchev–Trinajstić information content (AvgIpc) is 3.01. The number of anilines is 1. The minimum Gasteiger partial charge on any atom is -0.271 e. The van der Waals surface area contributed by atoms with Crippen LogP contribution in [0.15, 0.2) is 29.2 Å². The van der Waals surface area contributed by atoms with Gasteiger partial charge in [0.05, 0.1) is 10.6 Å². The Morgan fingerprint density at radius 2 is 1.79 bits per heavy atom. The largest absolute Gasteiger partial charge is 0.301 e. The lowest BCUT2D eigenvalue weighted by atomic mass is 10.3. The molecular weight excluding hydrogens is 350 g/mol. The number of hydrogen-bond donors (Lipinski definition) is 1. The Morgan fingerprint density at radius 1 is 1.17 bits per heavy atom. The van der Waals surface area contributed by atoms with Crippen LogP contribution in [0.2, 0.25) is 0 Å². The van der Waals surface area contributed by atoms with Gasteiger partial charge in [-0.1, -0.05) is 13.0 Å². The van der Waals surface area contributed by atoms with Gasteiger partial charge in [0.25, 0.3) is 0 Å². The molecule has 7 nitrogen and oxygen atoms in total. The molecule has 1 saturated heterocycles. The van der Waals surface area contributed by atoms with E-state index in [1.165, 1.54) is 20.7 Å². The molecule has 0 radical (unpaired) electrons. The van der Waals surface area contributed by atoms with Gasteiger partial charge in [0.2, 0.25) is 10.0 Å². The molecule has 0 aromatic heterocycles. The van der Waals surface area contributed by atoms with E-state index >= 15 is 0 Å². The Morgan fingerprint density at radius 3 is 2.33 bits per heavy atom. The zero-order valence-corrected chi connectivity index (χ0v) is 15.9. The molecule has 2 rings (SSSR count). The van der Waals surface area contributed by atoms with Gasteiger partial charge in [-0.25, -0.2) is 8.42 Å². The minimum atomic E-state index is -3.73. The molecule has 0 bridgehead atoms. The van der Waals surface area contributed by atoms with E-state index < -0.39 is 20.2 Å². The maximum Gasteiger partial charge on any atom is 0.301 e. The van der Waals surface area contributed by atoms with Crippen molar-refractivity contribution >= 4 is 25.9 Å². The Kier molecular flexibility index (Phi) is 5.90. The zero-order valence-electron chi connectivity index (χ0n) is 14.3. The second-order valence-electron chi connectivity index (χ2n) is 6.04. The molecule has 1 aromatic carbocycles. The second kappa shape index (κ2) is 7.38. The quantitative estimate of drug-likeness (QED) is 0.788. The van der Waals surface area contributed by atoms with Gasteiger partial charge in [0, 0.05) is 25.7 Å². The van der Waals surface area contributed by atoms with Gasteiger partial charge >= 0.3 is 10.2 Å². The lowest BCUT2D eigenvalue weighted by Crippen LogP contribution is -2.40. The Balaban J connectivity index is 2.28. The van der Waals surface area contributed by atoms with Gasteiger partial charge in [-0.05, 0) is 44.9 Å². The van der Waals surface area contributed by atoms with Gasteiger partial charge in [0.1, 0.15) is 0 Å². The first kappa shape index (κ1) is 19.2. The number of nitrogens with zero attached hydrogens (tertiary/aromatic N) is 2. The fourth-order valence-corrected chi connectivity index (χ4v) is 5.82. The summed E-state index contributed by atoms with van der Waals surface area (Å²) in [4.78, 5) is 0.109. The van der Waals surface area contributed by atoms with Crippen LogP contribution in [0.3, 0.4) is 0 Å². The maximum absolute atomic E-state index is 12.6. The number of benzene rings is 1. The number of nitrogens with one attached hydrogen (secondary N) is 1. The summed E-state index contributed by atoms with van der Waals surface area (Å²) in [5.74, 6) is 0. The summed E-state index contributed by atoms with van der Waals surface area (Å²) in [6.45, 7) is 6.69. The van der Waals surface area contributed by atoms with E-state index in [1.54, 1.807) is 32.9 Å². The first-order valence-electron chi connectivity index (χ1n) is 8.08. The number of hydrogen-bond acceptors (Lipinski definition) is 4. The average molecular weight is 376 g/mol. The number of rotatable bonds is 7. The predicted octanol–water partition coefficient (Wildman–Crippen LogP) is 1.86. The Bertz CT molecular complexity index is 770. The van der Waals surface area contributed by atoms with Crippen molar-refractivity contribution in [3.63, 3.8) is 0 Å². The van der Waals surface area contributed by atoms with Gasteiger partial charge in [0.15, 0.2) is 0 Å². The molecule has 9 heteroatoms. The van der Waals surface area contributed by atoms with Crippen LogP contribution in [0, 0.1) is 0 Å². The van der Waals surface area contributed by atoms with Crippen LogP contribution in [-0.4, -0.2) is 51.1 Å². The first-order valence-corrected chi connectivity index (χ1v) is 11.0. The third kappa shape index (κ3) is 4.08. The molecule has 24 heavy (non-hydrogen) atoms. The van der Waals surface area contributed by atoms with Crippen LogP contribution in [0.1, 0.15) is 33.6 Å². The standard InChI is InChI=1S/C15H25N3O4S2/c1-4-18(13(2)3)24(21,22)16-14-8-7-9-15(12-14)23(19,20)17-10-5-6-11-17/h7-9,12-13,16H,4-6,10-11H2,1-3H3. The fourth-order valence-electron chi connectivity index (χ4n) is 2.82. The molecule has 0 saturated carbocycles. The molecule has 1 aromatic rings. The lowest BCUT2D eigenvalue weighted by Gasteiger charge is -2.25. The molecule has 1 heterocycles. The molecule has 0 unspecified atom stereocenters.